The second kappa shape index (κ2) is 9.92. The number of nitrogens with two attached hydrogens (primary N) is 1. The van der Waals surface area contributed by atoms with E-state index in [1.165, 1.54) is 0 Å². The third-order valence-electron chi connectivity index (χ3n) is 3.76. The van der Waals surface area contributed by atoms with Crippen LogP contribution in [0, 0.1) is 26.0 Å². The maximum atomic E-state index is 11.8. The minimum Gasteiger partial charge on any atom is -0.398 e. The average Bonchev–Trinajstić information content (AvgIpc) is 3.27. The third-order valence-corrected chi connectivity index (χ3v) is 3.76. The van der Waals surface area contributed by atoms with Crippen LogP contribution < -0.4 is 5.73 Å². The Morgan fingerprint density at radius 1 is 1.21 bits per heavy atom. The van der Waals surface area contributed by atoms with Crippen LogP contribution in [-0.4, -0.2) is 5.78 Å². The molecule has 3 rings (SSSR count). The van der Waals surface area contributed by atoms with Crippen LogP contribution in [-0.2, 0) is 21.9 Å². The zero-order valence-corrected chi connectivity index (χ0v) is 15.1. The molecule has 124 valence electrons. The number of carbonyl (C=O) groups is 1. The van der Waals surface area contributed by atoms with Gasteiger partial charge in [0.2, 0.25) is 0 Å². The van der Waals surface area contributed by atoms with E-state index in [2.05, 4.69) is 18.2 Å². The summed E-state index contributed by atoms with van der Waals surface area (Å²) >= 11 is 0. The molecule has 0 saturated heterocycles. The summed E-state index contributed by atoms with van der Waals surface area (Å²) in [5, 5.41) is 0. The largest absolute Gasteiger partial charge is 2.00 e. The molecule has 2 nitrogen and oxygen atoms in total. The van der Waals surface area contributed by atoms with Gasteiger partial charge in [-0.1, -0.05) is 18.2 Å². The fourth-order valence-corrected chi connectivity index (χ4v) is 2.23. The van der Waals surface area contributed by atoms with Crippen molar-refractivity contribution in [2.45, 2.75) is 26.7 Å². The van der Waals surface area contributed by atoms with Crippen LogP contribution in [0.1, 0.15) is 29.5 Å². The molecule has 0 aromatic heterocycles. The summed E-state index contributed by atoms with van der Waals surface area (Å²) in [7, 11) is 0. The molecule has 0 saturated carbocycles. The Kier molecular flexibility index (Phi) is 8.25. The topological polar surface area (TPSA) is 43.1 Å². The standard InChI is InChI=1S/C16H16NO.C5H5.Fe/c1-11-7-8-13(12(2)16(11)17)9-10-15(18)14-5-3-4-6-14;1-2-4-5-3-1;/h5-10H,3,17H2,1-2H3;1-3H,4H2;/q2*-1;+2/b10-9+;;. The van der Waals surface area contributed by atoms with Crippen LogP contribution in [0.4, 0.5) is 5.69 Å². The summed E-state index contributed by atoms with van der Waals surface area (Å²) in [4.78, 5) is 11.8. The number of carbonyl (C=O) groups excluding carboxylic acids is 1. The first-order valence-electron chi connectivity index (χ1n) is 7.66. The van der Waals surface area contributed by atoms with Crippen LogP contribution >= 0.6 is 0 Å². The number of aryl methyl sites for hydroxylation is 1. The van der Waals surface area contributed by atoms with Crippen LogP contribution in [0.3, 0.4) is 0 Å². The molecule has 3 heteroatoms. The Bertz CT molecular complexity index is 726. The first kappa shape index (κ1) is 20.0. The molecule has 0 unspecified atom stereocenters. The second-order valence-corrected chi connectivity index (χ2v) is 5.42. The summed E-state index contributed by atoms with van der Waals surface area (Å²) in [6, 6.07) is 3.95. The van der Waals surface area contributed by atoms with E-state index in [9.17, 15) is 4.79 Å². The van der Waals surface area contributed by atoms with Crippen molar-refractivity contribution in [3.63, 3.8) is 0 Å². The Morgan fingerprint density at radius 2 is 2.00 bits per heavy atom. The maximum Gasteiger partial charge on any atom is 2.00 e. The van der Waals surface area contributed by atoms with Gasteiger partial charge in [-0.05, 0) is 36.6 Å². The number of allylic oxidation sites excluding steroid dienone is 9. The van der Waals surface area contributed by atoms with E-state index in [0.717, 1.165) is 35.2 Å². The van der Waals surface area contributed by atoms with Crippen molar-refractivity contribution in [3.8, 4) is 0 Å². The van der Waals surface area contributed by atoms with Gasteiger partial charge in [0.05, 0.1) is 0 Å². The number of ketones is 1. The Balaban J connectivity index is 0.000000412. The predicted octanol–water partition coefficient (Wildman–Crippen LogP) is 4.46. The molecular formula is C21H21FeNO. The van der Waals surface area contributed by atoms with Gasteiger partial charge >= 0.3 is 17.1 Å². The molecule has 0 aliphatic heterocycles. The second-order valence-electron chi connectivity index (χ2n) is 5.42. The van der Waals surface area contributed by atoms with Crippen molar-refractivity contribution >= 4 is 17.5 Å². The minimum absolute atomic E-state index is 0. The smallest absolute Gasteiger partial charge is 0.398 e. The Hall–Kier alpha value is -2.09. The van der Waals surface area contributed by atoms with Crippen molar-refractivity contribution in [3.05, 3.63) is 83.0 Å². The number of rotatable bonds is 3. The van der Waals surface area contributed by atoms with Gasteiger partial charge in [-0.25, -0.2) is 18.2 Å². The monoisotopic (exact) mass is 359 g/mol. The normalized spacial score (nSPS) is 14.3. The van der Waals surface area contributed by atoms with E-state index >= 15 is 0 Å². The fourth-order valence-electron chi connectivity index (χ4n) is 2.23. The van der Waals surface area contributed by atoms with Gasteiger partial charge in [0, 0.05) is 5.69 Å². The zero-order chi connectivity index (χ0) is 16.7. The molecule has 0 spiro atoms. The van der Waals surface area contributed by atoms with E-state index in [4.69, 9.17) is 5.73 Å². The van der Waals surface area contributed by atoms with Gasteiger partial charge in [0.15, 0.2) is 0 Å². The summed E-state index contributed by atoms with van der Waals surface area (Å²) in [5.41, 5.74) is 10.5. The zero-order valence-electron chi connectivity index (χ0n) is 13.9. The minimum atomic E-state index is 0. The van der Waals surface area contributed by atoms with E-state index in [1.807, 2.05) is 50.3 Å². The van der Waals surface area contributed by atoms with Crippen molar-refractivity contribution in [2.75, 3.05) is 5.73 Å². The number of benzene rings is 1. The van der Waals surface area contributed by atoms with E-state index in [1.54, 1.807) is 12.2 Å². The Morgan fingerprint density at radius 3 is 2.54 bits per heavy atom. The SMILES string of the molecule is Cc1ccc(/C=C/C(=O)C2=CC[C-]=C2)c(C)c1N.[C-]1=CC=CC1.[Fe+2]. The van der Waals surface area contributed by atoms with Crippen LogP contribution in [0.2, 0.25) is 0 Å². The van der Waals surface area contributed by atoms with E-state index < -0.39 is 0 Å². The van der Waals surface area contributed by atoms with Crippen LogP contribution in [0.15, 0.2) is 54.2 Å². The third kappa shape index (κ3) is 5.52. The first-order valence-corrected chi connectivity index (χ1v) is 7.66. The predicted molar refractivity (Wildman–Crippen MR) is 96.5 cm³/mol. The van der Waals surface area contributed by atoms with Crippen molar-refractivity contribution in [1.82, 2.24) is 0 Å². The molecule has 2 N–H and O–H groups in total. The molecule has 0 bridgehead atoms. The molecule has 1 aromatic rings. The van der Waals surface area contributed by atoms with E-state index in [0.29, 0.717) is 5.57 Å². The van der Waals surface area contributed by atoms with Gasteiger partial charge in [-0.2, -0.15) is 12.2 Å². The summed E-state index contributed by atoms with van der Waals surface area (Å²) in [6.07, 6.45) is 20.7. The first-order chi connectivity index (χ1) is 11.1. The Labute approximate surface area is 155 Å². The molecule has 24 heavy (non-hydrogen) atoms. The molecule has 0 fully saturated rings. The number of hydrogen-bond donors (Lipinski definition) is 1. The molecule has 2 aliphatic rings. The molecule has 0 amide bonds. The van der Waals surface area contributed by atoms with Gasteiger partial charge < -0.3 is 10.5 Å². The average molecular weight is 359 g/mol. The van der Waals surface area contributed by atoms with Gasteiger partial charge in [0.1, 0.15) is 5.78 Å². The fraction of sp³-hybridized carbons (Fsp3) is 0.190. The molecular weight excluding hydrogens is 338 g/mol. The van der Waals surface area contributed by atoms with Gasteiger partial charge in [0.25, 0.3) is 0 Å². The molecule has 0 heterocycles. The van der Waals surface area contributed by atoms with Crippen molar-refractivity contribution in [1.29, 1.82) is 0 Å². The maximum absolute atomic E-state index is 11.8. The van der Waals surface area contributed by atoms with Gasteiger partial charge in [-0.3, -0.25) is 12.2 Å². The van der Waals surface area contributed by atoms with Crippen molar-refractivity contribution < 1.29 is 21.9 Å². The quantitative estimate of drug-likeness (QED) is 0.375. The number of nitrogen functional groups attached to an aromatic ring is 1. The molecule has 0 radical (unpaired) electrons. The van der Waals surface area contributed by atoms with Crippen LogP contribution in [0.25, 0.3) is 6.08 Å². The molecule has 2 aliphatic carbocycles. The van der Waals surface area contributed by atoms with E-state index in [-0.39, 0.29) is 22.9 Å². The molecule has 0 atom stereocenters. The van der Waals surface area contributed by atoms with Crippen LogP contribution in [0.5, 0.6) is 0 Å². The van der Waals surface area contributed by atoms with Gasteiger partial charge in [-0.15, -0.1) is 18.4 Å². The summed E-state index contributed by atoms with van der Waals surface area (Å²) in [6.45, 7) is 3.94. The van der Waals surface area contributed by atoms with Crippen molar-refractivity contribution in [2.24, 2.45) is 0 Å². The number of anilines is 1. The summed E-state index contributed by atoms with van der Waals surface area (Å²) in [5.74, 6) is 0.0125. The molecule has 1 aromatic carbocycles. The summed E-state index contributed by atoms with van der Waals surface area (Å²) < 4.78 is 0. The number of hydrogen-bond acceptors (Lipinski definition) is 2.